The Morgan fingerprint density at radius 1 is 1.10 bits per heavy atom. The van der Waals surface area contributed by atoms with Gasteiger partial charge in [-0.15, -0.1) is 0 Å². The third-order valence-electron chi connectivity index (χ3n) is 4.10. The number of ether oxygens (including phenoxy) is 3. The van der Waals surface area contributed by atoms with Crippen molar-refractivity contribution in [2.75, 3.05) is 19.8 Å². The first-order chi connectivity index (χ1) is 9.50. The van der Waals surface area contributed by atoms with Gasteiger partial charge in [0.25, 0.3) is 0 Å². The van der Waals surface area contributed by atoms with Crippen LogP contribution in [0.15, 0.2) is 30.3 Å². The summed E-state index contributed by atoms with van der Waals surface area (Å²) in [4.78, 5) is 0. The smallest absolute Gasteiger partial charge is 0.184 e. The van der Waals surface area contributed by atoms with Crippen molar-refractivity contribution < 1.29 is 14.2 Å². The zero-order valence-corrected chi connectivity index (χ0v) is 12.4. The van der Waals surface area contributed by atoms with Gasteiger partial charge in [0.05, 0.1) is 19.8 Å². The van der Waals surface area contributed by atoms with E-state index in [-0.39, 0.29) is 17.3 Å². The Labute approximate surface area is 120 Å². The van der Waals surface area contributed by atoms with E-state index in [9.17, 15) is 0 Å². The molecule has 108 valence electrons. The predicted molar refractivity (Wildman–Crippen MR) is 78.3 cm³/mol. The summed E-state index contributed by atoms with van der Waals surface area (Å²) in [6.07, 6.45) is 4.13. The van der Waals surface area contributed by atoms with E-state index in [0.717, 1.165) is 12.2 Å². The predicted octanol–water partition coefficient (Wildman–Crippen LogP) is 3.56. The van der Waals surface area contributed by atoms with Crippen LogP contribution in [0.5, 0.6) is 0 Å². The summed E-state index contributed by atoms with van der Waals surface area (Å²) in [5, 5.41) is 0. The van der Waals surface area contributed by atoms with E-state index in [1.165, 1.54) is 5.56 Å². The first-order valence-electron chi connectivity index (χ1n) is 7.17. The van der Waals surface area contributed by atoms with Crippen LogP contribution in [-0.4, -0.2) is 25.4 Å². The van der Waals surface area contributed by atoms with E-state index >= 15 is 0 Å². The van der Waals surface area contributed by atoms with Gasteiger partial charge in [-0.1, -0.05) is 51.1 Å². The Hall–Kier alpha value is -1.16. The molecule has 2 saturated heterocycles. The molecule has 2 aliphatic rings. The molecule has 0 spiro atoms. The second-order valence-corrected chi connectivity index (χ2v) is 6.50. The number of rotatable bonds is 3. The summed E-state index contributed by atoms with van der Waals surface area (Å²) < 4.78 is 16.6. The van der Waals surface area contributed by atoms with Crippen LogP contribution in [0.3, 0.4) is 0 Å². The molecule has 0 amide bonds. The maximum absolute atomic E-state index is 5.66. The molecule has 3 nitrogen and oxygen atoms in total. The van der Waals surface area contributed by atoms with Gasteiger partial charge in [-0.2, -0.15) is 0 Å². The van der Waals surface area contributed by atoms with Crippen LogP contribution < -0.4 is 0 Å². The van der Waals surface area contributed by atoms with Gasteiger partial charge in [-0.05, 0) is 17.1 Å². The van der Waals surface area contributed by atoms with E-state index in [2.05, 4.69) is 57.2 Å². The van der Waals surface area contributed by atoms with Crippen molar-refractivity contribution in [3.63, 3.8) is 0 Å². The van der Waals surface area contributed by atoms with Gasteiger partial charge in [-0.3, -0.25) is 0 Å². The minimum absolute atomic E-state index is 0.0939. The SMILES string of the molecule is CC(C)(C)C1(/C=C/c2ccc(C3OCCO3)cc2)CO1. The molecular weight excluding hydrogens is 252 g/mol. The van der Waals surface area contributed by atoms with E-state index in [1.807, 2.05) is 0 Å². The second kappa shape index (κ2) is 4.99. The van der Waals surface area contributed by atoms with Crippen LogP contribution in [0.25, 0.3) is 6.08 Å². The zero-order chi connectivity index (χ0) is 14.2. The summed E-state index contributed by atoms with van der Waals surface area (Å²) >= 11 is 0. The lowest BCUT2D eigenvalue weighted by Gasteiger charge is -2.24. The van der Waals surface area contributed by atoms with Crippen LogP contribution in [0.2, 0.25) is 0 Å². The van der Waals surface area contributed by atoms with Gasteiger partial charge in [0.2, 0.25) is 0 Å². The van der Waals surface area contributed by atoms with Gasteiger partial charge in [0, 0.05) is 5.56 Å². The van der Waals surface area contributed by atoms with Crippen LogP contribution in [-0.2, 0) is 14.2 Å². The van der Waals surface area contributed by atoms with Crippen LogP contribution in [0, 0.1) is 5.41 Å². The quantitative estimate of drug-likeness (QED) is 0.790. The summed E-state index contributed by atoms with van der Waals surface area (Å²) in [6.45, 7) is 8.80. The third kappa shape index (κ3) is 2.66. The standard InChI is InChI=1S/C17H22O3/c1-16(2,3)17(12-20-17)9-8-13-4-6-14(7-5-13)15-18-10-11-19-15/h4-9,15H,10-12H2,1-3H3/b9-8+. The molecular formula is C17H22O3. The lowest BCUT2D eigenvalue weighted by molar-refractivity contribution is -0.0441. The molecule has 0 aromatic heterocycles. The van der Waals surface area contributed by atoms with Crippen molar-refractivity contribution in [3.05, 3.63) is 41.5 Å². The summed E-state index contributed by atoms with van der Waals surface area (Å²) in [5.74, 6) is 0. The molecule has 2 heterocycles. The average molecular weight is 274 g/mol. The molecule has 0 saturated carbocycles. The Morgan fingerprint density at radius 2 is 1.70 bits per heavy atom. The maximum atomic E-state index is 5.66. The molecule has 3 rings (SSSR count). The number of hydrogen-bond acceptors (Lipinski definition) is 3. The lowest BCUT2D eigenvalue weighted by Crippen LogP contribution is -2.27. The lowest BCUT2D eigenvalue weighted by atomic mass is 9.80. The molecule has 2 aliphatic heterocycles. The van der Waals surface area contributed by atoms with E-state index in [4.69, 9.17) is 14.2 Å². The Morgan fingerprint density at radius 3 is 2.20 bits per heavy atom. The van der Waals surface area contributed by atoms with Crippen molar-refractivity contribution >= 4 is 6.08 Å². The topological polar surface area (TPSA) is 31.0 Å². The van der Waals surface area contributed by atoms with Gasteiger partial charge >= 0.3 is 0 Å². The highest BCUT2D eigenvalue weighted by Crippen LogP contribution is 2.45. The largest absolute Gasteiger partial charge is 0.365 e. The third-order valence-corrected chi connectivity index (χ3v) is 4.10. The maximum Gasteiger partial charge on any atom is 0.184 e. The molecule has 1 atom stereocenters. The summed E-state index contributed by atoms with van der Waals surface area (Å²) in [7, 11) is 0. The number of hydrogen-bond donors (Lipinski definition) is 0. The molecule has 0 radical (unpaired) electrons. The highest BCUT2D eigenvalue weighted by molar-refractivity contribution is 5.52. The molecule has 1 unspecified atom stereocenters. The molecule has 3 heteroatoms. The fraction of sp³-hybridized carbons (Fsp3) is 0.529. The number of epoxide rings is 1. The summed E-state index contributed by atoms with van der Waals surface area (Å²) in [6, 6.07) is 8.31. The Kier molecular flexibility index (Phi) is 3.44. The van der Waals surface area contributed by atoms with Gasteiger partial charge in [-0.25, -0.2) is 0 Å². The molecule has 0 N–H and O–H groups in total. The van der Waals surface area contributed by atoms with Gasteiger partial charge < -0.3 is 14.2 Å². The molecule has 0 bridgehead atoms. The Balaban J connectivity index is 1.69. The molecule has 2 fully saturated rings. The molecule has 1 aromatic rings. The van der Waals surface area contributed by atoms with Gasteiger partial charge in [0.15, 0.2) is 6.29 Å². The second-order valence-electron chi connectivity index (χ2n) is 6.50. The van der Waals surface area contributed by atoms with Crippen molar-refractivity contribution in [2.45, 2.75) is 32.7 Å². The normalized spacial score (nSPS) is 27.4. The number of benzene rings is 1. The molecule has 1 aromatic carbocycles. The Bertz CT molecular complexity index is 486. The van der Waals surface area contributed by atoms with Crippen molar-refractivity contribution in [2.24, 2.45) is 5.41 Å². The molecule has 20 heavy (non-hydrogen) atoms. The van der Waals surface area contributed by atoms with Crippen molar-refractivity contribution in [1.82, 2.24) is 0 Å². The van der Waals surface area contributed by atoms with Crippen LogP contribution in [0.4, 0.5) is 0 Å². The fourth-order valence-corrected chi connectivity index (χ4v) is 2.40. The minimum atomic E-state index is -0.194. The van der Waals surface area contributed by atoms with Crippen molar-refractivity contribution in [3.8, 4) is 0 Å². The van der Waals surface area contributed by atoms with E-state index in [1.54, 1.807) is 0 Å². The summed E-state index contributed by atoms with van der Waals surface area (Å²) in [5.41, 5.74) is 2.29. The van der Waals surface area contributed by atoms with Crippen LogP contribution >= 0.6 is 0 Å². The van der Waals surface area contributed by atoms with Crippen molar-refractivity contribution in [1.29, 1.82) is 0 Å². The first-order valence-corrected chi connectivity index (χ1v) is 7.17. The van der Waals surface area contributed by atoms with Crippen LogP contribution in [0.1, 0.15) is 38.2 Å². The first kappa shape index (κ1) is 13.8. The fourth-order valence-electron chi connectivity index (χ4n) is 2.40. The average Bonchev–Trinajstić information content (AvgIpc) is 3.03. The highest BCUT2D eigenvalue weighted by atomic mass is 16.7. The minimum Gasteiger partial charge on any atom is -0.365 e. The highest BCUT2D eigenvalue weighted by Gasteiger charge is 2.51. The van der Waals surface area contributed by atoms with E-state index in [0.29, 0.717) is 13.2 Å². The molecule has 0 aliphatic carbocycles. The van der Waals surface area contributed by atoms with E-state index < -0.39 is 0 Å². The van der Waals surface area contributed by atoms with Gasteiger partial charge in [0.1, 0.15) is 5.60 Å². The zero-order valence-electron chi connectivity index (χ0n) is 12.4. The monoisotopic (exact) mass is 274 g/mol.